The van der Waals surface area contributed by atoms with E-state index in [2.05, 4.69) is 4.98 Å². The average Bonchev–Trinajstić information content (AvgIpc) is 3.18. The first kappa shape index (κ1) is 15.4. The molecule has 0 saturated carbocycles. The largest absolute Gasteiger partial charge is 0.495 e. The lowest BCUT2D eigenvalue weighted by Gasteiger charge is -2.24. The van der Waals surface area contributed by atoms with Gasteiger partial charge in [0.05, 0.1) is 13.2 Å². The van der Waals surface area contributed by atoms with Crippen LogP contribution in [0.5, 0.6) is 5.75 Å². The Morgan fingerprint density at radius 1 is 1.36 bits per heavy atom. The van der Waals surface area contributed by atoms with Crippen LogP contribution in [0, 0.1) is 0 Å². The summed E-state index contributed by atoms with van der Waals surface area (Å²) >= 11 is 5.98. The fourth-order valence-corrected chi connectivity index (χ4v) is 4.96. The molecule has 22 heavy (non-hydrogen) atoms. The Labute approximate surface area is 134 Å². The van der Waals surface area contributed by atoms with E-state index in [4.69, 9.17) is 16.3 Å². The number of rotatable bonds is 4. The number of nitrogens with zero attached hydrogens (tertiary/aromatic N) is 1. The molecule has 0 spiro atoms. The number of ether oxygens (including phenoxy) is 1. The standard InChI is InChI=1S/C15H17ClN2O3S/c1-21-14-7-6-11(16)10-15(14)22(19,20)18-9-3-5-13(18)12-4-2-8-17-12/h2,4,6-8,10,13,17H,3,5,9H2,1H3. The predicted molar refractivity (Wildman–Crippen MR) is 84.7 cm³/mol. The van der Waals surface area contributed by atoms with E-state index >= 15 is 0 Å². The quantitative estimate of drug-likeness (QED) is 0.929. The van der Waals surface area contributed by atoms with Gasteiger partial charge in [-0.1, -0.05) is 11.6 Å². The molecule has 0 amide bonds. The summed E-state index contributed by atoms with van der Waals surface area (Å²) < 4.78 is 32.8. The molecule has 1 aromatic heterocycles. The summed E-state index contributed by atoms with van der Waals surface area (Å²) in [6, 6.07) is 8.25. The monoisotopic (exact) mass is 340 g/mol. The number of hydrogen-bond donors (Lipinski definition) is 1. The molecule has 0 aliphatic carbocycles. The summed E-state index contributed by atoms with van der Waals surface area (Å²) in [6.45, 7) is 0.488. The third-order valence-corrected chi connectivity index (χ3v) is 6.06. The maximum Gasteiger partial charge on any atom is 0.247 e. The lowest BCUT2D eigenvalue weighted by atomic mass is 10.2. The van der Waals surface area contributed by atoms with Crippen LogP contribution < -0.4 is 4.74 Å². The predicted octanol–water partition coefficient (Wildman–Crippen LogP) is 3.20. The lowest BCUT2D eigenvalue weighted by Crippen LogP contribution is -2.31. The van der Waals surface area contributed by atoms with E-state index in [9.17, 15) is 8.42 Å². The molecule has 7 heteroatoms. The van der Waals surface area contributed by atoms with Gasteiger partial charge in [-0.15, -0.1) is 0 Å². The Kier molecular flexibility index (Phi) is 4.16. The summed E-state index contributed by atoms with van der Waals surface area (Å²) in [4.78, 5) is 3.22. The van der Waals surface area contributed by atoms with Gasteiger partial charge in [-0.2, -0.15) is 4.31 Å². The zero-order valence-electron chi connectivity index (χ0n) is 12.1. The van der Waals surface area contributed by atoms with Gasteiger partial charge in [-0.3, -0.25) is 0 Å². The van der Waals surface area contributed by atoms with Gasteiger partial charge in [0.1, 0.15) is 10.6 Å². The van der Waals surface area contributed by atoms with Crippen molar-refractivity contribution in [3.63, 3.8) is 0 Å². The van der Waals surface area contributed by atoms with Gasteiger partial charge >= 0.3 is 0 Å². The molecule has 5 nitrogen and oxygen atoms in total. The highest BCUT2D eigenvalue weighted by molar-refractivity contribution is 7.89. The fourth-order valence-electron chi connectivity index (χ4n) is 2.87. The highest BCUT2D eigenvalue weighted by Gasteiger charge is 2.38. The number of nitrogens with one attached hydrogen (secondary N) is 1. The minimum Gasteiger partial charge on any atom is -0.495 e. The first-order chi connectivity index (χ1) is 10.5. The first-order valence-electron chi connectivity index (χ1n) is 7.02. The normalized spacial score (nSPS) is 19.5. The van der Waals surface area contributed by atoms with Gasteiger partial charge in [0, 0.05) is 23.5 Å². The number of hydrogen-bond acceptors (Lipinski definition) is 3. The number of benzene rings is 1. The van der Waals surface area contributed by atoms with Crippen molar-refractivity contribution in [3.05, 3.63) is 47.2 Å². The number of H-pyrrole nitrogens is 1. The fraction of sp³-hybridized carbons (Fsp3) is 0.333. The SMILES string of the molecule is COc1ccc(Cl)cc1S(=O)(=O)N1CCCC1c1ccc[nH]1. The van der Waals surface area contributed by atoms with Gasteiger partial charge in [-0.25, -0.2) is 8.42 Å². The maximum atomic E-state index is 13.0. The topological polar surface area (TPSA) is 62.4 Å². The highest BCUT2D eigenvalue weighted by Crippen LogP contribution is 2.38. The Bertz CT molecular complexity index is 759. The Morgan fingerprint density at radius 2 is 2.18 bits per heavy atom. The van der Waals surface area contributed by atoms with E-state index in [0.29, 0.717) is 17.3 Å². The van der Waals surface area contributed by atoms with Crippen LogP contribution >= 0.6 is 11.6 Å². The number of aromatic amines is 1. The summed E-state index contributed by atoms with van der Waals surface area (Å²) in [5.41, 5.74) is 0.905. The summed E-state index contributed by atoms with van der Waals surface area (Å²) in [5, 5.41) is 0.370. The zero-order chi connectivity index (χ0) is 15.7. The third-order valence-electron chi connectivity index (χ3n) is 3.90. The van der Waals surface area contributed by atoms with Crippen LogP contribution in [0.4, 0.5) is 0 Å². The lowest BCUT2D eigenvalue weighted by molar-refractivity contribution is 0.378. The molecule has 2 aromatic rings. The summed E-state index contributed by atoms with van der Waals surface area (Å²) in [5.74, 6) is 0.307. The molecule has 118 valence electrons. The zero-order valence-corrected chi connectivity index (χ0v) is 13.7. The van der Waals surface area contributed by atoms with Gasteiger partial charge < -0.3 is 9.72 Å². The molecule has 1 saturated heterocycles. The van der Waals surface area contributed by atoms with Crippen molar-refractivity contribution in [2.75, 3.05) is 13.7 Å². The van der Waals surface area contributed by atoms with E-state index in [-0.39, 0.29) is 10.9 Å². The van der Waals surface area contributed by atoms with Crippen molar-refractivity contribution in [1.82, 2.24) is 9.29 Å². The molecule has 2 heterocycles. The first-order valence-corrected chi connectivity index (χ1v) is 8.84. The molecular weight excluding hydrogens is 324 g/mol. The van der Waals surface area contributed by atoms with Crippen molar-refractivity contribution in [2.24, 2.45) is 0 Å². The molecule has 1 aromatic carbocycles. The van der Waals surface area contributed by atoms with Crippen LogP contribution in [-0.4, -0.2) is 31.4 Å². The second-order valence-electron chi connectivity index (χ2n) is 5.19. The molecule has 0 bridgehead atoms. The minimum atomic E-state index is -3.68. The van der Waals surface area contributed by atoms with Crippen LogP contribution in [0.15, 0.2) is 41.4 Å². The van der Waals surface area contributed by atoms with Crippen LogP contribution in [0.3, 0.4) is 0 Å². The maximum absolute atomic E-state index is 13.0. The van der Waals surface area contributed by atoms with Crippen molar-refractivity contribution in [1.29, 1.82) is 0 Å². The molecular formula is C15H17ClN2O3S. The van der Waals surface area contributed by atoms with Crippen LogP contribution in [-0.2, 0) is 10.0 Å². The minimum absolute atomic E-state index is 0.112. The van der Waals surface area contributed by atoms with Gasteiger partial charge in [0.25, 0.3) is 0 Å². The number of methoxy groups -OCH3 is 1. The number of halogens is 1. The van der Waals surface area contributed by atoms with Crippen molar-refractivity contribution >= 4 is 21.6 Å². The van der Waals surface area contributed by atoms with E-state index < -0.39 is 10.0 Å². The van der Waals surface area contributed by atoms with Crippen molar-refractivity contribution in [2.45, 2.75) is 23.8 Å². The Hall–Kier alpha value is -1.50. The molecule has 1 aliphatic heterocycles. The molecule has 0 radical (unpaired) electrons. The van der Waals surface area contributed by atoms with E-state index in [1.165, 1.54) is 17.5 Å². The van der Waals surface area contributed by atoms with Gasteiger partial charge in [0.15, 0.2) is 0 Å². The molecule has 3 rings (SSSR count). The van der Waals surface area contributed by atoms with E-state index in [1.807, 2.05) is 12.1 Å². The van der Waals surface area contributed by atoms with Crippen molar-refractivity contribution in [3.8, 4) is 5.75 Å². The molecule has 1 fully saturated rings. The van der Waals surface area contributed by atoms with Gasteiger partial charge in [0.2, 0.25) is 10.0 Å². The van der Waals surface area contributed by atoms with Crippen LogP contribution in [0.1, 0.15) is 24.6 Å². The molecule has 1 aliphatic rings. The average molecular weight is 341 g/mol. The van der Waals surface area contributed by atoms with Crippen LogP contribution in [0.2, 0.25) is 5.02 Å². The molecule has 1 atom stereocenters. The van der Waals surface area contributed by atoms with Crippen molar-refractivity contribution < 1.29 is 13.2 Å². The number of sulfonamides is 1. The molecule has 1 unspecified atom stereocenters. The summed E-state index contributed by atoms with van der Waals surface area (Å²) in [7, 11) is -2.22. The highest BCUT2D eigenvalue weighted by atomic mass is 35.5. The second kappa shape index (κ2) is 5.95. The Balaban J connectivity index is 2.04. The Morgan fingerprint density at radius 3 is 2.86 bits per heavy atom. The number of aromatic nitrogens is 1. The summed E-state index contributed by atoms with van der Waals surface area (Å²) in [6.07, 6.45) is 3.42. The third kappa shape index (κ3) is 2.62. The van der Waals surface area contributed by atoms with Gasteiger partial charge in [-0.05, 0) is 43.2 Å². The van der Waals surface area contributed by atoms with E-state index in [0.717, 1.165) is 18.5 Å². The van der Waals surface area contributed by atoms with Crippen LogP contribution in [0.25, 0.3) is 0 Å². The van der Waals surface area contributed by atoms with E-state index in [1.54, 1.807) is 18.3 Å². The smallest absolute Gasteiger partial charge is 0.247 e. The molecule has 1 N–H and O–H groups in total. The second-order valence-corrected chi connectivity index (χ2v) is 7.49.